The zero-order valence-corrected chi connectivity index (χ0v) is 83.5. The Morgan fingerprint density at radius 3 is 0.825 bits per heavy atom. The fraction of sp³-hybridized carbons (Fsp3) is 0.344. The van der Waals surface area contributed by atoms with Gasteiger partial charge in [-0.25, -0.2) is 45.3 Å². The highest BCUT2D eigenvalue weighted by molar-refractivity contribution is 7.93. The SMILES string of the molecule is CN(Cc1ccc(C(=O)CS(=O)(=O)C2CC2)cc1)c1ccc(OCc2c(-c3c(Cl)cccc3Cl)noc2C2CC2)nc1C(F)(F)F.CN(Cc1ccc(C(=O)CS(=O)(=O)C2CC2)cc1)c1ccc(OCc2c(-c3c(Cl)cccc3Cl)noc2C2CC2)nc1C(F)(F)F.CN(Cc1ccc(C(=O)CS(=O)(=O)O)cc1)c1ccc(OCc2c(-c3c(Cl)cccc3Cl)noc2C2CC2)nc1C(F)(F)F.NS(=O)(=O)C1CC1. The van der Waals surface area contributed by atoms with E-state index in [2.05, 4.69) is 30.4 Å². The summed E-state index contributed by atoms with van der Waals surface area (Å²) in [5.41, 5.74) is 2.26. The predicted molar refractivity (Wildman–Crippen MR) is 517 cm³/mol. The molecule has 6 aromatic carbocycles. The first kappa shape index (κ1) is 106. The minimum absolute atomic E-state index is 0.00508. The van der Waals surface area contributed by atoms with E-state index in [1.54, 1.807) is 78.9 Å². The number of rotatable bonds is 36. The average molecular weight is 2180 g/mol. The molecule has 6 fully saturated rings. The summed E-state index contributed by atoms with van der Waals surface area (Å²) in [5.74, 6) is -2.69. The van der Waals surface area contributed by atoms with E-state index in [1.165, 1.54) is 121 Å². The molecule has 12 aromatic rings. The van der Waals surface area contributed by atoms with Gasteiger partial charge in [0.25, 0.3) is 10.1 Å². The molecule has 47 heteroatoms. The van der Waals surface area contributed by atoms with Crippen LogP contribution in [0.1, 0.15) is 194 Å². The number of primary sulfonamides is 1. The second kappa shape index (κ2) is 43.4. The molecule has 0 aliphatic heterocycles. The molecular weight excluding hydrogens is 2090 g/mol. The molecule has 0 unspecified atom stereocenters. The van der Waals surface area contributed by atoms with Gasteiger partial charge < -0.3 is 42.5 Å². The molecule has 0 saturated heterocycles. The van der Waals surface area contributed by atoms with Gasteiger partial charge in [-0.2, -0.15) is 47.9 Å². The van der Waals surface area contributed by atoms with Crippen molar-refractivity contribution in [3.05, 3.63) is 278 Å². The number of ether oxygens (including phenoxy) is 3. The van der Waals surface area contributed by atoms with Gasteiger partial charge >= 0.3 is 18.5 Å². The number of hydrogen-bond donors (Lipinski definition) is 2. The number of carbonyl (C=O) groups excluding carboxylic acids is 3. The first-order valence-electron chi connectivity index (χ1n) is 44.3. The van der Waals surface area contributed by atoms with E-state index in [-0.39, 0.29) is 114 Å². The molecule has 3 N–H and O–H groups in total. The van der Waals surface area contributed by atoms with E-state index < -0.39 is 121 Å². The van der Waals surface area contributed by atoms with E-state index in [0.29, 0.717) is 140 Å². The van der Waals surface area contributed by atoms with Crippen molar-refractivity contribution in [2.24, 2.45) is 5.14 Å². The van der Waals surface area contributed by atoms with Crippen molar-refractivity contribution in [2.45, 2.75) is 169 Å². The van der Waals surface area contributed by atoms with E-state index in [0.717, 1.165) is 51.4 Å². The highest BCUT2D eigenvalue weighted by Crippen LogP contribution is 2.51. The molecule has 18 rings (SSSR count). The van der Waals surface area contributed by atoms with E-state index >= 15 is 0 Å². The van der Waals surface area contributed by atoms with Crippen LogP contribution in [0.15, 0.2) is 177 Å². The molecular formula is C96H87Cl6F9N10O18S4. The fourth-order valence-corrected chi connectivity index (χ4v) is 21.7. The van der Waals surface area contributed by atoms with Crippen LogP contribution in [0.25, 0.3) is 33.8 Å². The Morgan fingerprint density at radius 1 is 0.371 bits per heavy atom. The zero-order chi connectivity index (χ0) is 103. The number of nitrogens with two attached hydrogens (primary N) is 1. The summed E-state index contributed by atoms with van der Waals surface area (Å²) < 4.78 is 262. The summed E-state index contributed by atoms with van der Waals surface area (Å²) in [6.07, 6.45) is -5.29. The highest BCUT2D eigenvalue weighted by Gasteiger charge is 2.45. The maximum Gasteiger partial charge on any atom is 0.435 e. The third-order valence-electron chi connectivity index (χ3n) is 23.7. The number of anilines is 3. The quantitative estimate of drug-likeness (QED) is 0.0209. The minimum Gasteiger partial charge on any atom is -0.473 e. The van der Waals surface area contributed by atoms with Gasteiger partial charge in [0, 0.05) is 110 Å². The Kier molecular flexibility index (Phi) is 32.2. The maximum atomic E-state index is 14.2. The van der Waals surface area contributed by atoms with Crippen LogP contribution in [0.3, 0.4) is 0 Å². The Hall–Kier alpha value is -11.0. The number of carbonyl (C=O) groups is 3. The number of alkyl halides is 9. The number of aromatic nitrogens is 6. The molecule has 28 nitrogen and oxygen atoms in total. The number of ketones is 3. The van der Waals surface area contributed by atoms with Crippen molar-refractivity contribution in [3.8, 4) is 51.4 Å². The van der Waals surface area contributed by atoms with Gasteiger partial charge in [0.15, 0.2) is 54.1 Å². The van der Waals surface area contributed by atoms with Crippen LogP contribution in [0.2, 0.25) is 30.1 Å². The minimum atomic E-state index is -4.82. The third kappa shape index (κ3) is 27.2. The van der Waals surface area contributed by atoms with Gasteiger partial charge in [-0.3, -0.25) is 18.9 Å². The van der Waals surface area contributed by atoms with Crippen molar-refractivity contribution in [2.75, 3.05) is 53.1 Å². The Bertz CT molecular complexity index is 6940. The van der Waals surface area contributed by atoms with Crippen LogP contribution >= 0.6 is 69.6 Å². The molecule has 758 valence electrons. The average Bonchev–Trinajstić information content (AvgIpc) is 1.61. The third-order valence-corrected chi connectivity index (χ3v) is 31.9. The van der Waals surface area contributed by atoms with Gasteiger partial charge in [-0.15, -0.1) is 0 Å². The van der Waals surface area contributed by atoms with Crippen molar-refractivity contribution in [1.82, 2.24) is 30.4 Å². The van der Waals surface area contributed by atoms with Crippen molar-refractivity contribution >= 4 is 144 Å². The predicted octanol–water partition coefficient (Wildman–Crippen LogP) is 22.5. The number of nitrogens with zero attached hydrogens (tertiary/aromatic N) is 9. The van der Waals surface area contributed by atoms with Gasteiger partial charge in [0.1, 0.15) is 71.4 Å². The van der Waals surface area contributed by atoms with Gasteiger partial charge in [-0.05, 0) is 148 Å². The largest absolute Gasteiger partial charge is 0.473 e. The van der Waals surface area contributed by atoms with Crippen LogP contribution < -0.4 is 34.0 Å². The van der Waals surface area contributed by atoms with E-state index in [4.69, 9.17) is 107 Å². The number of hydrogen-bond acceptors (Lipinski definition) is 26. The van der Waals surface area contributed by atoms with Crippen LogP contribution in [-0.4, -0.2) is 140 Å². The summed E-state index contributed by atoms with van der Waals surface area (Å²) in [5, 5.41) is 18.2. The maximum absolute atomic E-state index is 14.2. The van der Waals surface area contributed by atoms with E-state index in [1.807, 2.05) is 0 Å². The first-order valence-corrected chi connectivity index (χ1v) is 53.2. The zero-order valence-electron chi connectivity index (χ0n) is 75.7. The van der Waals surface area contributed by atoms with Crippen molar-refractivity contribution < 1.29 is 120 Å². The topological polar surface area (TPSA) is 388 Å². The smallest absolute Gasteiger partial charge is 0.435 e. The lowest BCUT2D eigenvalue weighted by molar-refractivity contribution is -0.141. The molecule has 6 aliphatic rings. The highest BCUT2D eigenvalue weighted by atomic mass is 35.5. The van der Waals surface area contributed by atoms with Crippen LogP contribution in [0.4, 0.5) is 56.6 Å². The first-order chi connectivity index (χ1) is 67.4. The Labute approximate surface area is 844 Å². The van der Waals surface area contributed by atoms with E-state index in [9.17, 15) is 87.6 Å². The molecule has 0 radical (unpaired) electrons. The summed E-state index contributed by atoms with van der Waals surface area (Å²) in [4.78, 5) is 52.5. The lowest BCUT2D eigenvalue weighted by atomic mass is 10.0. The Balaban J connectivity index is 0.000000156. The standard InChI is InChI=1S/2C32H28Cl2F3N3O5S.C29H24Cl2F3N3O6S.C3H7NO2S/c2*1-40(15-18-5-7-19(8-6-18)26(41)17-46(42,43)21-11-12-21)25-13-14-27(38-31(25)32(35,36)37)44-16-22-29(39-45-30(22)20-9-10-20)28-23(33)3-2-4-24(28)34;1-37(13-16-5-7-17(8-6-16)23(38)15-44(39,40)41)22-11-12-24(35-28(22)29(32,33)34)42-14-19-26(36-43-27(19)18-9-10-18)25-20(30)3-2-4-21(25)31;4-7(5,6)3-1-2-3/h2*2-8,13-14,20-21H,9-12,15-17H2,1H3;2-8,11-12,18H,9-10,13-15H2,1H3,(H,39,40,41);3H,1-2H2,(H2,4,5,6). The van der Waals surface area contributed by atoms with Crippen molar-refractivity contribution in [3.63, 3.8) is 0 Å². The molecule has 6 saturated carbocycles. The number of sulfone groups is 2. The summed E-state index contributed by atoms with van der Waals surface area (Å²) >= 11 is 38.4. The normalized spacial score (nSPS) is 15.0. The monoisotopic (exact) mass is 2180 g/mol. The number of benzene rings is 6. The number of pyridine rings is 3. The molecule has 0 amide bonds. The second-order valence-electron chi connectivity index (χ2n) is 35.1. The summed E-state index contributed by atoms with van der Waals surface area (Å²) in [6, 6.07) is 40.7. The van der Waals surface area contributed by atoms with Gasteiger partial charge in [-0.1, -0.05) is 176 Å². The van der Waals surface area contributed by atoms with Crippen LogP contribution in [0.5, 0.6) is 17.6 Å². The lowest BCUT2D eigenvalue weighted by Gasteiger charge is -2.23. The second-order valence-corrected chi connectivity index (χ2v) is 45.4. The summed E-state index contributed by atoms with van der Waals surface area (Å²) in [7, 11) is -10.1. The lowest BCUT2D eigenvalue weighted by Crippen LogP contribution is -2.22. The molecule has 143 heavy (non-hydrogen) atoms. The molecule has 6 aliphatic carbocycles. The van der Waals surface area contributed by atoms with Crippen molar-refractivity contribution in [1.29, 1.82) is 0 Å². The number of Topliss-reactive ketones (excluding diaryl/α,β-unsaturated/α-hetero) is 3. The van der Waals surface area contributed by atoms with Gasteiger partial charge in [0.2, 0.25) is 27.7 Å². The fourth-order valence-electron chi connectivity index (χ4n) is 15.4. The number of sulfonamides is 1. The summed E-state index contributed by atoms with van der Waals surface area (Å²) in [6.45, 7) is -0.392. The molecule has 0 bridgehead atoms. The number of halogens is 15. The van der Waals surface area contributed by atoms with Gasteiger partial charge in [0.05, 0.1) is 79.6 Å². The molecule has 0 atom stereocenters. The Morgan fingerprint density at radius 2 is 0.615 bits per heavy atom. The van der Waals surface area contributed by atoms with Crippen LogP contribution in [-0.2, 0) is 97.8 Å². The van der Waals surface area contributed by atoms with Crippen LogP contribution in [0, 0.1) is 0 Å². The molecule has 6 aromatic heterocycles. The molecule has 6 heterocycles. The molecule has 0 spiro atoms.